The Kier molecular flexibility index (Phi) is 5.55. The van der Waals surface area contributed by atoms with Crippen molar-refractivity contribution in [2.24, 2.45) is 5.92 Å². The summed E-state index contributed by atoms with van der Waals surface area (Å²) in [6.07, 6.45) is 2.45. The minimum Gasteiger partial charge on any atom is -0.481 e. The van der Waals surface area contributed by atoms with Crippen LogP contribution in [0.4, 0.5) is 0 Å². The third-order valence-corrected chi connectivity index (χ3v) is 4.99. The SMILES string of the molecule is CC(CN(C)S(=O)(=O)CC1CCCCO1)C(=O)O. The summed E-state index contributed by atoms with van der Waals surface area (Å²) >= 11 is 0. The summed E-state index contributed by atoms with van der Waals surface area (Å²) in [6, 6.07) is 0. The molecule has 1 aliphatic heterocycles. The summed E-state index contributed by atoms with van der Waals surface area (Å²) < 4.78 is 30.5. The topological polar surface area (TPSA) is 83.9 Å². The smallest absolute Gasteiger partial charge is 0.307 e. The normalized spacial score (nSPS) is 22.9. The Morgan fingerprint density at radius 2 is 2.17 bits per heavy atom. The van der Waals surface area contributed by atoms with Gasteiger partial charge >= 0.3 is 5.97 Å². The van der Waals surface area contributed by atoms with Crippen molar-refractivity contribution >= 4 is 16.0 Å². The standard InChI is InChI=1S/C11H21NO5S/c1-9(11(13)14)7-12(2)18(15,16)8-10-5-3-4-6-17-10/h9-10H,3-8H2,1-2H3,(H,13,14). The molecule has 1 rings (SSSR count). The van der Waals surface area contributed by atoms with Gasteiger partial charge in [0, 0.05) is 20.2 Å². The Balaban J connectivity index is 2.53. The number of carboxylic acid groups (broad SMARTS) is 1. The lowest BCUT2D eigenvalue weighted by molar-refractivity contribution is -0.141. The molecule has 0 radical (unpaired) electrons. The molecule has 0 amide bonds. The van der Waals surface area contributed by atoms with Gasteiger partial charge in [-0.25, -0.2) is 12.7 Å². The number of hydrogen-bond donors (Lipinski definition) is 1. The molecule has 0 aliphatic carbocycles. The molecule has 1 aliphatic rings. The monoisotopic (exact) mass is 279 g/mol. The highest BCUT2D eigenvalue weighted by molar-refractivity contribution is 7.89. The van der Waals surface area contributed by atoms with Gasteiger partial charge in [0.25, 0.3) is 0 Å². The zero-order valence-electron chi connectivity index (χ0n) is 10.8. The molecule has 0 aromatic rings. The van der Waals surface area contributed by atoms with Crippen LogP contribution in [0, 0.1) is 5.92 Å². The van der Waals surface area contributed by atoms with Crippen molar-refractivity contribution in [1.29, 1.82) is 0 Å². The number of aliphatic carboxylic acids is 1. The fourth-order valence-corrected chi connectivity index (χ4v) is 3.32. The summed E-state index contributed by atoms with van der Waals surface area (Å²) in [6.45, 7) is 2.09. The second-order valence-corrected chi connectivity index (χ2v) is 6.91. The minimum atomic E-state index is -3.44. The fourth-order valence-electron chi connectivity index (χ4n) is 1.88. The van der Waals surface area contributed by atoms with E-state index in [4.69, 9.17) is 9.84 Å². The summed E-state index contributed by atoms with van der Waals surface area (Å²) in [7, 11) is -2.03. The van der Waals surface area contributed by atoms with Gasteiger partial charge in [-0.2, -0.15) is 0 Å². The van der Waals surface area contributed by atoms with Crippen LogP contribution in [0.15, 0.2) is 0 Å². The third kappa shape index (κ3) is 4.55. The lowest BCUT2D eigenvalue weighted by atomic mass is 10.1. The molecule has 0 spiro atoms. The summed E-state index contributed by atoms with van der Waals surface area (Å²) in [4.78, 5) is 10.7. The molecule has 1 heterocycles. The van der Waals surface area contributed by atoms with Gasteiger partial charge in [-0.3, -0.25) is 4.79 Å². The Bertz CT molecular complexity index is 375. The van der Waals surface area contributed by atoms with Crippen molar-refractivity contribution in [3.63, 3.8) is 0 Å². The summed E-state index contributed by atoms with van der Waals surface area (Å²) in [5, 5.41) is 8.77. The molecule has 6 nitrogen and oxygen atoms in total. The molecule has 1 saturated heterocycles. The summed E-state index contributed by atoms with van der Waals surface area (Å²) in [5.41, 5.74) is 0. The van der Waals surface area contributed by atoms with Crippen LogP contribution in [0.5, 0.6) is 0 Å². The van der Waals surface area contributed by atoms with Crippen molar-refractivity contribution in [2.45, 2.75) is 32.3 Å². The lowest BCUT2D eigenvalue weighted by Crippen LogP contribution is -2.39. The van der Waals surface area contributed by atoms with Crippen molar-refractivity contribution < 1.29 is 23.1 Å². The van der Waals surface area contributed by atoms with E-state index >= 15 is 0 Å². The number of carbonyl (C=O) groups is 1. The van der Waals surface area contributed by atoms with Crippen molar-refractivity contribution in [3.05, 3.63) is 0 Å². The average molecular weight is 279 g/mol. The van der Waals surface area contributed by atoms with Gasteiger partial charge in [0.15, 0.2) is 0 Å². The largest absolute Gasteiger partial charge is 0.481 e. The predicted molar refractivity (Wildman–Crippen MR) is 66.8 cm³/mol. The van der Waals surface area contributed by atoms with Gasteiger partial charge in [-0.15, -0.1) is 0 Å². The first-order chi connectivity index (χ1) is 8.33. The van der Waals surface area contributed by atoms with E-state index in [1.165, 1.54) is 14.0 Å². The Morgan fingerprint density at radius 1 is 1.50 bits per heavy atom. The van der Waals surface area contributed by atoms with E-state index in [1.807, 2.05) is 0 Å². The van der Waals surface area contributed by atoms with Crippen molar-refractivity contribution in [3.8, 4) is 0 Å². The van der Waals surface area contributed by atoms with Crippen LogP contribution >= 0.6 is 0 Å². The first-order valence-electron chi connectivity index (χ1n) is 6.11. The molecular formula is C11H21NO5S. The van der Waals surface area contributed by atoms with E-state index in [9.17, 15) is 13.2 Å². The van der Waals surface area contributed by atoms with Crippen molar-refractivity contribution in [2.75, 3.05) is 26.0 Å². The van der Waals surface area contributed by atoms with Gasteiger partial charge in [-0.1, -0.05) is 6.92 Å². The van der Waals surface area contributed by atoms with Crippen LogP contribution in [0.1, 0.15) is 26.2 Å². The molecule has 0 saturated carbocycles. The first kappa shape index (κ1) is 15.4. The molecule has 1 fully saturated rings. The van der Waals surface area contributed by atoms with Crippen LogP contribution in [-0.4, -0.2) is 55.9 Å². The number of hydrogen-bond acceptors (Lipinski definition) is 4. The molecular weight excluding hydrogens is 258 g/mol. The van der Waals surface area contributed by atoms with Crippen LogP contribution in [0.25, 0.3) is 0 Å². The van der Waals surface area contributed by atoms with Crippen LogP contribution in [0.2, 0.25) is 0 Å². The van der Waals surface area contributed by atoms with E-state index in [0.717, 1.165) is 23.6 Å². The molecule has 106 valence electrons. The molecule has 1 N–H and O–H groups in total. The van der Waals surface area contributed by atoms with E-state index in [-0.39, 0.29) is 18.4 Å². The highest BCUT2D eigenvalue weighted by Gasteiger charge is 2.27. The van der Waals surface area contributed by atoms with Gasteiger partial charge in [0.1, 0.15) is 0 Å². The molecule has 0 aromatic carbocycles. The molecule has 7 heteroatoms. The van der Waals surface area contributed by atoms with E-state index < -0.39 is 21.9 Å². The Hall–Kier alpha value is -0.660. The number of nitrogens with zero attached hydrogens (tertiary/aromatic N) is 1. The number of ether oxygens (including phenoxy) is 1. The van der Waals surface area contributed by atoms with Crippen LogP contribution < -0.4 is 0 Å². The maximum atomic E-state index is 12.0. The highest BCUT2D eigenvalue weighted by Crippen LogP contribution is 2.16. The minimum absolute atomic E-state index is 0.00954. The van der Waals surface area contributed by atoms with E-state index in [2.05, 4.69) is 0 Å². The molecule has 0 aromatic heterocycles. The van der Waals surface area contributed by atoms with Crippen LogP contribution in [0.3, 0.4) is 0 Å². The van der Waals surface area contributed by atoms with Gasteiger partial charge in [0.05, 0.1) is 17.8 Å². The molecule has 2 atom stereocenters. The third-order valence-electron chi connectivity index (χ3n) is 3.10. The number of carboxylic acids is 1. The number of rotatable bonds is 6. The quantitative estimate of drug-likeness (QED) is 0.767. The predicted octanol–water partition coefficient (Wildman–Crippen LogP) is 0.538. The Morgan fingerprint density at radius 3 is 2.67 bits per heavy atom. The fraction of sp³-hybridized carbons (Fsp3) is 0.909. The molecule has 2 unspecified atom stereocenters. The lowest BCUT2D eigenvalue weighted by Gasteiger charge is -2.25. The maximum absolute atomic E-state index is 12.0. The zero-order chi connectivity index (χ0) is 13.8. The maximum Gasteiger partial charge on any atom is 0.307 e. The van der Waals surface area contributed by atoms with Gasteiger partial charge < -0.3 is 9.84 Å². The zero-order valence-corrected chi connectivity index (χ0v) is 11.6. The Labute approximate surface area is 108 Å². The highest BCUT2D eigenvalue weighted by atomic mass is 32.2. The van der Waals surface area contributed by atoms with E-state index in [0.29, 0.717) is 6.61 Å². The molecule has 0 bridgehead atoms. The average Bonchev–Trinajstić information content (AvgIpc) is 2.29. The molecule has 18 heavy (non-hydrogen) atoms. The van der Waals surface area contributed by atoms with Crippen molar-refractivity contribution in [1.82, 2.24) is 4.31 Å². The number of sulfonamides is 1. The second-order valence-electron chi connectivity index (χ2n) is 4.79. The van der Waals surface area contributed by atoms with Gasteiger partial charge in [-0.05, 0) is 19.3 Å². The summed E-state index contributed by atoms with van der Waals surface area (Å²) in [5.74, 6) is -1.77. The van der Waals surface area contributed by atoms with Gasteiger partial charge in [0.2, 0.25) is 10.0 Å². The second kappa shape index (κ2) is 6.49. The van der Waals surface area contributed by atoms with E-state index in [1.54, 1.807) is 0 Å². The van der Waals surface area contributed by atoms with Crippen LogP contribution in [-0.2, 0) is 19.6 Å². The first-order valence-corrected chi connectivity index (χ1v) is 7.72.